The van der Waals surface area contributed by atoms with Gasteiger partial charge in [-0.2, -0.15) is 0 Å². The van der Waals surface area contributed by atoms with Crippen LogP contribution in [0.2, 0.25) is 0 Å². The van der Waals surface area contributed by atoms with Crippen molar-refractivity contribution in [2.75, 3.05) is 18.9 Å². The molecule has 1 aliphatic heterocycles. The van der Waals surface area contributed by atoms with Crippen LogP contribution < -0.4 is 10.6 Å². The molecule has 0 saturated heterocycles. The molecule has 1 heterocycles. The topological polar surface area (TPSA) is 61.4 Å². The third kappa shape index (κ3) is 3.81. The van der Waals surface area contributed by atoms with Gasteiger partial charge in [0.1, 0.15) is 0 Å². The predicted molar refractivity (Wildman–Crippen MR) is 93.5 cm³/mol. The average Bonchev–Trinajstić information content (AvgIpc) is 2.61. The number of hydrogen-bond acceptors (Lipinski definition) is 3. The van der Waals surface area contributed by atoms with Gasteiger partial charge in [-0.15, -0.1) is 0 Å². The van der Waals surface area contributed by atoms with E-state index in [-0.39, 0.29) is 24.4 Å². The van der Waals surface area contributed by atoms with Crippen LogP contribution in [-0.4, -0.2) is 36.3 Å². The van der Waals surface area contributed by atoms with Crippen molar-refractivity contribution in [3.05, 3.63) is 65.7 Å². The van der Waals surface area contributed by atoms with Crippen LogP contribution in [0.1, 0.15) is 11.1 Å². The number of nitrogens with zero attached hydrogens (tertiary/aromatic N) is 1. The smallest absolute Gasteiger partial charge is 0.243 e. The summed E-state index contributed by atoms with van der Waals surface area (Å²) in [5.74, 6) is -0.263. The first kappa shape index (κ1) is 16.2. The van der Waals surface area contributed by atoms with Crippen LogP contribution in [0.25, 0.3) is 0 Å². The van der Waals surface area contributed by atoms with E-state index in [4.69, 9.17) is 0 Å². The highest BCUT2D eigenvalue weighted by Crippen LogP contribution is 2.17. The molecule has 124 valence electrons. The SMILES string of the molecule is CN(CC(=O)Nc1ccccc1)C(=O)C1Cc2ccccc2CN1. The lowest BCUT2D eigenvalue weighted by Gasteiger charge is -2.28. The molecule has 0 aliphatic carbocycles. The molecule has 0 radical (unpaired) electrons. The molecule has 3 rings (SSSR count). The molecule has 24 heavy (non-hydrogen) atoms. The Labute approximate surface area is 141 Å². The summed E-state index contributed by atoms with van der Waals surface area (Å²) in [7, 11) is 1.66. The van der Waals surface area contributed by atoms with Gasteiger partial charge in [-0.05, 0) is 29.7 Å². The number of carbonyl (C=O) groups is 2. The van der Waals surface area contributed by atoms with E-state index in [9.17, 15) is 9.59 Å². The highest BCUT2D eigenvalue weighted by molar-refractivity contribution is 5.95. The predicted octanol–water partition coefficient (Wildman–Crippen LogP) is 1.80. The maximum absolute atomic E-state index is 12.6. The molecule has 0 fully saturated rings. The summed E-state index contributed by atoms with van der Waals surface area (Å²) in [4.78, 5) is 26.1. The lowest BCUT2D eigenvalue weighted by molar-refractivity contribution is -0.135. The molecule has 5 nitrogen and oxygen atoms in total. The maximum Gasteiger partial charge on any atom is 0.243 e. The van der Waals surface area contributed by atoms with Crippen molar-refractivity contribution >= 4 is 17.5 Å². The number of para-hydroxylation sites is 1. The maximum atomic E-state index is 12.6. The molecule has 0 saturated carbocycles. The first-order valence-electron chi connectivity index (χ1n) is 8.03. The van der Waals surface area contributed by atoms with Crippen molar-refractivity contribution in [1.29, 1.82) is 0 Å². The van der Waals surface area contributed by atoms with E-state index in [1.807, 2.05) is 42.5 Å². The molecule has 1 unspecified atom stereocenters. The highest BCUT2D eigenvalue weighted by atomic mass is 16.2. The Hall–Kier alpha value is -2.66. The average molecular weight is 323 g/mol. The molecule has 0 bridgehead atoms. The number of hydrogen-bond donors (Lipinski definition) is 2. The lowest BCUT2D eigenvalue weighted by Crippen LogP contribution is -2.49. The minimum absolute atomic E-state index is 0.0353. The molecule has 2 N–H and O–H groups in total. The van der Waals surface area contributed by atoms with Gasteiger partial charge >= 0.3 is 0 Å². The van der Waals surface area contributed by atoms with Crippen molar-refractivity contribution in [3.63, 3.8) is 0 Å². The summed E-state index contributed by atoms with van der Waals surface area (Å²) in [6, 6.07) is 17.1. The molecule has 0 spiro atoms. The Balaban J connectivity index is 1.56. The Kier molecular flexibility index (Phi) is 4.91. The summed E-state index contributed by atoms with van der Waals surface area (Å²) < 4.78 is 0. The summed E-state index contributed by atoms with van der Waals surface area (Å²) in [6.07, 6.45) is 0.652. The normalized spacial score (nSPS) is 16.1. The number of rotatable bonds is 4. The van der Waals surface area contributed by atoms with Gasteiger partial charge in [0.2, 0.25) is 11.8 Å². The van der Waals surface area contributed by atoms with E-state index in [2.05, 4.69) is 22.8 Å². The summed E-state index contributed by atoms with van der Waals surface area (Å²) in [5.41, 5.74) is 3.15. The van der Waals surface area contributed by atoms with E-state index < -0.39 is 0 Å². The van der Waals surface area contributed by atoms with Crippen LogP contribution in [0.15, 0.2) is 54.6 Å². The minimum Gasteiger partial charge on any atom is -0.335 e. The number of fused-ring (bicyclic) bond motifs is 1. The standard InChI is InChI=1S/C19H21N3O2/c1-22(13-18(23)21-16-9-3-2-4-10-16)19(24)17-11-14-7-5-6-8-15(14)12-20-17/h2-10,17,20H,11-13H2,1H3,(H,21,23). The fourth-order valence-electron chi connectivity index (χ4n) is 2.91. The van der Waals surface area contributed by atoms with Crippen molar-refractivity contribution < 1.29 is 9.59 Å². The zero-order valence-corrected chi connectivity index (χ0v) is 13.7. The van der Waals surface area contributed by atoms with Crippen molar-refractivity contribution in [2.45, 2.75) is 19.0 Å². The van der Waals surface area contributed by atoms with Gasteiger partial charge in [-0.1, -0.05) is 42.5 Å². The summed E-state index contributed by atoms with van der Waals surface area (Å²) >= 11 is 0. The Morgan fingerprint density at radius 1 is 1.08 bits per heavy atom. The van der Waals surface area contributed by atoms with Crippen molar-refractivity contribution in [2.24, 2.45) is 0 Å². The Morgan fingerprint density at radius 2 is 1.75 bits per heavy atom. The van der Waals surface area contributed by atoms with Crippen LogP contribution in [0, 0.1) is 0 Å². The fourth-order valence-corrected chi connectivity index (χ4v) is 2.91. The van der Waals surface area contributed by atoms with Crippen LogP contribution in [0.4, 0.5) is 5.69 Å². The van der Waals surface area contributed by atoms with E-state index in [0.717, 1.165) is 5.69 Å². The number of benzene rings is 2. The second-order valence-electron chi connectivity index (χ2n) is 6.01. The fraction of sp³-hybridized carbons (Fsp3) is 0.263. The molecule has 2 aromatic rings. The van der Waals surface area contributed by atoms with Crippen LogP contribution in [0.5, 0.6) is 0 Å². The molecule has 1 atom stereocenters. The second-order valence-corrected chi connectivity index (χ2v) is 6.01. The molecule has 0 aromatic heterocycles. The molecular weight excluding hydrogens is 302 g/mol. The van der Waals surface area contributed by atoms with E-state index in [1.54, 1.807) is 7.05 Å². The summed E-state index contributed by atoms with van der Waals surface area (Å²) in [5, 5.41) is 6.05. The molecular formula is C19H21N3O2. The van der Waals surface area contributed by atoms with Gasteiger partial charge in [0.05, 0.1) is 12.6 Å². The van der Waals surface area contributed by atoms with Crippen molar-refractivity contribution in [1.82, 2.24) is 10.2 Å². The van der Waals surface area contributed by atoms with E-state index in [1.165, 1.54) is 16.0 Å². The van der Waals surface area contributed by atoms with Crippen LogP contribution in [-0.2, 0) is 22.6 Å². The number of amides is 2. The Morgan fingerprint density at radius 3 is 2.50 bits per heavy atom. The number of anilines is 1. The second kappa shape index (κ2) is 7.27. The molecule has 5 heteroatoms. The first-order valence-corrected chi connectivity index (χ1v) is 8.03. The third-order valence-electron chi connectivity index (χ3n) is 4.19. The number of likely N-dealkylation sites (N-methyl/N-ethyl adjacent to an activating group) is 1. The Bertz CT molecular complexity index is 730. The third-order valence-corrected chi connectivity index (χ3v) is 4.19. The molecule has 2 amide bonds. The minimum atomic E-state index is -0.283. The lowest BCUT2D eigenvalue weighted by atomic mass is 9.95. The van der Waals surface area contributed by atoms with Gasteiger partial charge in [0, 0.05) is 19.3 Å². The number of nitrogens with one attached hydrogen (secondary N) is 2. The largest absolute Gasteiger partial charge is 0.335 e. The van der Waals surface area contributed by atoms with Gasteiger partial charge in [-0.25, -0.2) is 0 Å². The highest BCUT2D eigenvalue weighted by Gasteiger charge is 2.27. The van der Waals surface area contributed by atoms with Gasteiger partial charge < -0.3 is 15.5 Å². The number of carbonyl (C=O) groups excluding carboxylic acids is 2. The van der Waals surface area contributed by atoms with Gasteiger partial charge in [0.15, 0.2) is 0 Å². The quantitative estimate of drug-likeness (QED) is 0.902. The zero-order chi connectivity index (χ0) is 16.9. The van der Waals surface area contributed by atoms with Crippen LogP contribution >= 0.6 is 0 Å². The van der Waals surface area contributed by atoms with Crippen LogP contribution in [0.3, 0.4) is 0 Å². The molecule has 1 aliphatic rings. The van der Waals surface area contributed by atoms with E-state index >= 15 is 0 Å². The zero-order valence-electron chi connectivity index (χ0n) is 13.7. The van der Waals surface area contributed by atoms with Gasteiger partial charge in [0.25, 0.3) is 0 Å². The first-order chi connectivity index (χ1) is 11.6. The van der Waals surface area contributed by atoms with E-state index in [0.29, 0.717) is 13.0 Å². The monoisotopic (exact) mass is 323 g/mol. The summed E-state index contributed by atoms with van der Waals surface area (Å²) in [6.45, 7) is 0.712. The van der Waals surface area contributed by atoms with Gasteiger partial charge in [-0.3, -0.25) is 9.59 Å². The molecule has 2 aromatic carbocycles. The van der Waals surface area contributed by atoms with Crippen molar-refractivity contribution in [3.8, 4) is 0 Å².